The Morgan fingerprint density at radius 3 is 2.81 bits per heavy atom. The minimum Gasteiger partial charge on any atom is -0.481 e. The molecule has 0 radical (unpaired) electrons. The van der Waals surface area contributed by atoms with Crippen LogP contribution in [0.25, 0.3) is 0 Å². The predicted octanol–water partition coefficient (Wildman–Crippen LogP) is 1.60. The van der Waals surface area contributed by atoms with Crippen molar-refractivity contribution in [3.8, 4) is 0 Å². The minimum atomic E-state index is -0.665. The summed E-state index contributed by atoms with van der Waals surface area (Å²) < 4.78 is 5.03. The number of hydrogen-bond donors (Lipinski definition) is 1. The summed E-state index contributed by atoms with van der Waals surface area (Å²) in [5, 5.41) is 9.21. The van der Waals surface area contributed by atoms with Gasteiger partial charge in [0.1, 0.15) is 0 Å². The van der Waals surface area contributed by atoms with Crippen LogP contribution in [0.2, 0.25) is 0 Å². The van der Waals surface area contributed by atoms with E-state index in [-0.39, 0.29) is 11.5 Å². The third-order valence-corrected chi connectivity index (χ3v) is 3.66. The van der Waals surface area contributed by atoms with Crippen LogP contribution in [-0.4, -0.2) is 48.3 Å². The van der Waals surface area contributed by atoms with Crippen molar-refractivity contribution in [1.82, 2.24) is 4.90 Å². The minimum absolute atomic E-state index is 0.238. The van der Waals surface area contributed by atoms with Crippen LogP contribution >= 0.6 is 0 Å². The van der Waals surface area contributed by atoms with E-state index in [0.29, 0.717) is 0 Å². The van der Waals surface area contributed by atoms with Crippen molar-refractivity contribution in [2.75, 3.05) is 26.8 Å². The summed E-state index contributed by atoms with van der Waals surface area (Å²) >= 11 is 0. The monoisotopic (exact) mass is 229 g/mol. The van der Waals surface area contributed by atoms with E-state index >= 15 is 0 Å². The van der Waals surface area contributed by atoms with Gasteiger partial charge in [-0.1, -0.05) is 0 Å². The van der Waals surface area contributed by atoms with Gasteiger partial charge in [-0.2, -0.15) is 0 Å². The maximum Gasteiger partial charge on any atom is 0.308 e. The summed E-state index contributed by atoms with van der Waals surface area (Å²) in [7, 11) is 1.70. The number of carboxylic acids is 1. The molecule has 4 nitrogen and oxygen atoms in total. The summed E-state index contributed by atoms with van der Waals surface area (Å²) in [5.41, 5.74) is -0.238. The lowest BCUT2D eigenvalue weighted by molar-refractivity contribution is -0.149. The molecule has 0 bridgehead atoms. The summed E-state index contributed by atoms with van der Waals surface area (Å²) in [6.45, 7) is 6.74. The fourth-order valence-electron chi connectivity index (χ4n) is 2.57. The number of methoxy groups -OCH3 is 1. The van der Waals surface area contributed by atoms with Gasteiger partial charge >= 0.3 is 5.97 Å². The largest absolute Gasteiger partial charge is 0.481 e. The van der Waals surface area contributed by atoms with E-state index in [9.17, 15) is 9.90 Å². The van der Waals surface area contributed by atoms with E-state index in [1.54, 1.807) is 7.11 Å². The molecule has 1 unspecified atom stereocenters. The molecule has 1 saturated heterocycles. The molecule has 0 saturated carbocycles. The van der Waals surface area contributed by atoms with Crippen molar-refractivity contribution in [1.29, 1.82) is 0 Å². The molecule has 1 aliphatic heterocycles. The molecular weight excluding hydrogens is 206 g/mol. The molecule has 0 aromatic carbocycles. The molecule has 1 aliphatic rings. The molecule has 94 valence electrons. The molecular formula is C12H23NO3. The molecule has 1 rings (SSSR count). The van der Waals surface area contributed by atoms with Crippen LogP contribution in [0.15, 0.2) is 0 Å². The first kappa shape index (κ1) is 13.5. The highest BCUT2D eigenvalue weighted by Crippen LogP contribution is 2.33. The van der Waals surface area contributed by atoms with Crippen molar-refractivity contribution < 1.29 is 14.6 Å². The Morgan fingerprint density at radius 1 is 1.56 bits per heavy atom. The highest BCUT2D eigenvalue weighted by molar-refractivity contribution is 5.71. The molecule has 1 fully saturated rings. The van der Waals surface area contributed by atoms with Crippen molar-refractivity contribution in [3.63, 3.8) is 0 Å². The van der Waals surface area contributed by atoms with Gasteiger partial charge in [0.15, 0.2) is 0 Å². The van der Waals surface area contributed by atoms with Gasteiger partial charge < -0.3 is 9.84 Å². The van der Waals surface area contributed by atoms with Gasteiger partial charge in [-0.05, 0) is 39.7 Å². The second-order valence-corrected chi connectivity index (χ2v) is 5.02. The second kappa shape index (κ2) is 5.64. The smallest absolute Gasteiger partial charge is 0.308 e. The molecule has 0 aromatic rings. The Bertz CT molecular complexity index is 240. The van der Waals surface area contributed by atoms with Crippen LogP contribution in [0.1, 0.15) is 33.1 Å². The average molecular weight is 229 g/mol. The normalized spacial score (nSPS) is 25.6. The number of carboxylic acid groups (broad SMARTS) is 1. The van der Waals surface area contributed by atoms with Crippen LogP contribution in [0.5, 0.6) is 0 Å². The zero-order valence-electron chi connectivity index (χ0n) is 10.5. The molecule has 16 heavy (non-hydrogen) atoms. The van der Waals surface area contributed by atoms with Crippen LogP contribution in [0.3, 0.4) is 0 Å². The lowest BCUT2D eigenvalue weighted by atomic mass is 9.79. The Balaban J connectivity index is 2.59. The molecule has 4 heteroatoms. The maximum atomic E-state index is 11.2. The molecule has 1 N–H and O–H groups in total. The Hall–Kier alpha value is -0.610. The SMILES string of the molecule is COCCCN1CCCC(C(=O)O)C1(C)C. The van der Waals surface area contributed by atoms with Crippen LogP contribution < -0.4 is 0 Å². The summed E-state index contributed by atoms with van der Waals surface area (Å²) in [4.78, 5) is 13.5. The number of piperidine rings is 1. The number of nitrogens with zero attached hydrogens (tertiary/aromatic N) is 1. The Kier molecular flexibility index (Phi) is 4.74. The van der Waals surface area contributed by atoms with E-state index in [4.69, 9.17) is 4.74 Å². The van der Waals surface area contributed by atoms with Gasteiger partial charge in [0.05, 0.1) is 5.92 Å². The first-order valence-electron chi connectivity index (χ1n) is 5.97. The first-order valence-corrected chi connectivity index (χ1v) is 5.97. The maximum absolute atomic E-state index is 11.2. The van der Waals surface area contributed by atoms with Gasteiger partial charge in [-0.15, -0.1) is 0 Å². The topological polar surface area (TPSA) is 49.8 Å². The highest BCUT2D eigenvalue weighted by atomic mass is 16.5. The Labute approximate surface area is 97.6 Å². The third kappa shape index (κ3) is 2.95. The number of rotatable bonds is 5. The first-order chi connectivity index (χ1) is 7.50. The molecule has 0 aliphatic carbocycles. The zero-order chi connectivity index (χ0) is 12.2. The number of likely N-dealkylation sites (tertiary alicyclic amines) is 1. The average Bonchev–Trinajstić information content (AvgIpc) is 2.19. The van der Waals surface area contributed by atoms with Crippen molar-refractivity contribution in [2.45, 2.75) is 38.6 Å². The zero-order valence-corrected chi connectivity index (χ0v) is 10.5. The van der Waals surface area contributed by atoms with E-state index < -0.39 is 5.97 Å². The third-order valence-electron chi connectivity index (χ3n) is 3.66. The Morgan fingerprint density at radius 2 is 2.25 bits per heavy atom. The predicted molar refractivity (Wildman–Crippen MR) is 62.5 cm³/mol. The number of ether oxygens (including phenoxy) is 1. The number of carbonyl (C=O) groups is 1. The lowest BCUT2D eigenvalue weighted by Crippen LogP contribution is -2.55. The van der Waals surface area contributed by atoms with Gasteiger partial charge in [0.25, 0.3) is 0 Å². The van der Waals surface area contributed by atoms with E-state index in [1.807, 2.05) is 13.8 Å². The molecule has 0 aromatic heterocycles. The quantitative estimate of drug-likeness (QED) is 0.727. The molecule has 0 amide bonds. The summed E-state index contributed by atoms with van der Waals surface area (Å²) in [6, 6.07) is 0. The van der Waals surface area contributed by atoms with Crippen molar-refractivity contribution in [3.05, 3.63) is 0 Å². The van der Waals surface area contributed by atoms with E-state index in [1.165, 1.54) is 0 Å². The standard InChI is InChI=1S/C12H23NO3/c1-12(2)10(11(14)15)6-4-7-13(12)8-5-9-16-3/h10H,4-9H2,1-3H3,(H,14,15). The molecule has 1 atom stereocenters. The number of aliphatic carboxylic acids is 1. The second-order valence-electron chi connectivity index (χ2n) is 5.02. The van der Waals surface area contributed by atoms with E-state index in [0.717, 1.165) is 39.0 Å². The van der Waals surface area contributed by atoms with Crippen molar-refractivity contribution >= 4 is 5.97 Å². The summed E-state index contributed by atoms with van der Waals surface area (Å²) in [6.07, 6.45) is 2.74. The fourth-order valence-corrected chi connectivity index (χ4v) is 2.57. The lowest BCUT2D eigenvalue weighted by Gasteiger charge is -2.46. The van der Waals surface area contributed by atoms with Crippen LogP contribution in [-0.2, 0) is 9.53 Å². The van der Waals surface area contributed by atoms with Crippen LogP contribution in [0.4, 0.5) is 0 Å². The summed E-state index contributed by atoms with van der Waals surface area (Å²) in [5.74, 6) is -0.912. The van der Waals surface area contributed by atoms with Gasteiger partial charge in [0, 0.05) is 25.8 Å². The van der Waals surface area contributed by atoms with Crippen LogP contribution in [0, 0.1) is 5.92 Å². The van der Waals surface area contributed by atoms with Crippen molar-refractivity contribution in [2.24, 2.45) is 5.92 Å². The van der Waals surface area contributed by atoms with Gasteiger partial charge in [0.2, 0.25) is 0 Å². The van der Waals surface area contributed by atoms with Gasteiger partial charge in [-0.25, -0.2) is 0 Å². The highest BCUT2D eigenvalue weighted by Gasteiger charge is 2.42. The van der Waals surface area contributed by atoms with Gasteiger partial charge in [-0.3, -0.25) is 9.69 Å². The fraction of sp³-hybridized carbons (Fsp3) is 0.917. The van der Waals surface area contributed by atoms with E-state index in [2.05, 4.69) is 4.90 Å². The molecule has 1 heterocycles. The molecule has 0 spiro atoms. The number of hydrogen-bond acceptors (Lipinski definition) is 3.